The molecule has 0 saturated carbocycles. The summed E-state index contributed by atoms with van der Waals surface area (Å²) in [4.78, 5) is 22.0. The number of hydrogen-bond acceptors (Lipinski definition) is 4. The average molecular weight is 240 g/mol. The Morgan fingerprint density at radius 1 is 1.44 bits per heavy atom. The number of carbonyl (C=O) groups is 2. The fraction of sp³-hybridized carbons (Fsp3) is 0.750. The second-order valence-corrected chi connectivity index (χ2v) is 3.33. The first kappa shape index (κ1) is 12.8. The summed E-state index contributed by atoms with van der Waals surface area (Å²) >= 11 is 0. The zero-order chi connectivity index (χ0) is 12.2. The number of ether oxygens (including phenoxy) is 1. The molecule has 0 unspecified atom stereocenters. The minimum absolute atomic E-state index is 0.529. The van der Waals surface area contributed by atoms with Gasteiger partial charge in [0, 0.05) is 0 Å². The van der Waals surface area contributed by atoms with Crippen LogP contribution < -0.4 is 10.6 Å². The van der Waals surface area contributed by atoms with Crippen molar-refractivity contribution in [3.8, 4) is 0 Å². The molecule has 5 nitrogen and oxygen atoms in total. The lowest BCUT2D eigenvalue weighted by atomic mass is 10.2. The van der Waals surface area contributed by atoms with Crippen LogP contribution in [0.15, 0.2) is 0 Å². The molecule has 1 saturated heterocycles. The van der Waals surface area contributed by atoms with Gasteiger partial charge in [-0.05, 0) is 19.4 Å². The molecule has 1 aliphatic heterocycles. The molecule has 0 aromatic heterocycles. The van der Waals surface area contributed by atoms with Crippen molar-refractivity contribution in [1.82, 2.24) is 10.6 Å². The molecule has 0 aromatic carbocycles. The first-order valence-corrected chi connectivity index (χ1v) is 4.66. The highest BCUT2D eigenvalue weighted by molar-refractivity contribution is 5.94. The van der Waals surface area contributed by atoms with E-state index in [1.165, 1.54) is 0 Å². The van der Waals surface area contributed by atoms with Crippen LogP contribution in [-0.2, 0) is 9.53 Å². The Morgan fingerprint density at radius 2 is 2.12 bits per heavy atom. The Balaban J connectivity index is 2.25. The molecule has 92 valence electrons. The van der Waals surface area contributed by atoms with Crippen molar-refractivity contribution >= 4 is 12.0 Å². The number of rotatable bonds is 2. The zero-order valence-corrected chi connectivity index (χ0v) is 8.26. The van der Waals surface area contributed by atoms with Gasteiger partial charge in [-0.3, -0.25) is 10.1 Å². The van der Waals surface area contributed by atoms with Gasteiger partial charge in [-0.15, -0.1) is 0 Å². The smallest absolute Gasteiger partial charge is 0.422 e. The third kappa shape index (κ3) is 4.47. The molecule has 16 heavy (non-hydrogen) atoms. The quantitative estimate of drug-likeness (QED) is 0.739. The number of alkyl carbamates (subject to hydrolysis) is 1. The number of halogens is 3. The Bertz CT molecular complexity index is 274. The maximum absolute atomic E-state index is 11.7. The van der Waals surface area contributed by atoms with E-state index < -0.39 is 30.8 Å². The van der Waals surface area contributed by atoms with Crippen molar-refractivity contribution in [3.05, 3.63) is 0 Å². The molecule has 1 fully saturated rings. The molecule has 0 bridgehead atoms. The molecule has 1 rings (SSSR count). The van der Waals surface area contributed by atoms with Crippen molar-refractivity contribution in [2.45, 2.75) is 25.1 Å². The minimum atomic E-state index is -4.59. The van der Waals surface area contributed by atoms with Crippen LogP contribution in [0.5, 0.6) is 0 Å². The van der Waals surface area contributed by atoms with Crippen LogP contribution in [0.2, 0.25) is 0 Å². The standard InChI is InChI=1S/C8H11F3N2O3/c9-8(10,11)4-16-7(15)13-6(14)5-2-1-3-12-5/h5,12H,1-4H2,(H,13,14,15)/t5-/m0/s1. The number of hydrogen-bond donors (Lipinski definition) is 2. The highest BCUT2D eigenvalue weighted by Crippen LogP contribution is 2.14. The highest BCUT2D eigenvalue weighted by atomic mass is 19.4. The topological polar surface area (TPSA) is 67.4 Å². The maximum Gasteiger partial charge on any atom is 0.422 e. The van der Waals surface area contributed by atoms with E-state index in [2.05, 4.69) is 10.1 Å². The maximum atomic E-state index is 11.7. The van der Waals surface area contributed by atoms with Gasteiger partial charge >= 0.3 is 12.3 Å². The van der Waals surface area contributed by atoms with Crippen molar-refractivity contribution < 1.29 is 27.5 Å². The normalized spacial score (nSPS) is 20.6. The molecule has 0 aliphatic carbocycles. The SMILES string of the molecule is O=C(NC(=O)[C@@H]1CCCN1)OCC(F)(F)F. The van der Waals surface area contributed by atoms with E-state index in [1.807, 2.05) is 0 Å². The van der Waals surface area contributed by atoms with Crippen LogP contribution >= 0.6 is 0 Å². The van der Waals surface area contributed by atoms with Gasteiger partial charge in [-0.2, -0.15) is 13.2 Å². The number of alkyl halides is 3. The number of amides is 2. The Morgan fingerprint density at radius 3 is 2.62 bits per heavy atom. The van der Waals surface area contributed by atoms with E-state index in [0.29, 0.717) is 13.0 Å². The molecular weight excluding hydrogens is 229 g/mol. The molecule has 1 aliphatic rings. The van der Waals surface area contributed by atoms with Crippen molar-refractivity contribution in [2.75, 3.05) is 13.2 Å². The third-order valence-corrected chi connectivity index (χ3v) is 1.97. The Labute approximate surface area is 89.3 Å². The van der Waals surface area contributed by atoms with E-state index in [-0.39, 0.29) is 0 Å². The van der Waals surface area contributed by atoms with E-state index in [9.17, 15) is 22.8 Å². The summed E-state index contributed by atoms with van der Waals surface area (Å²) in [5.41, 5.74) is 0. The van der Waals surface area contributed by atoms with Crippen LogP contribution in [0.4, 0.5) is 18.0 Å². The van der Waals surface area contributed by atoms with E-state index in [4.69, 9.17) is 0 Å². The molecule has 2 N–H and O–H groups in total. The van der Waals surface area contributed by atoms with E-state index >= 15 is 0 Å². The fourth-order valence-electron chi connectivity index (χ4n) is 1.28. The fourth-order valence-corrected chi connectivity index (χ4v) is 1.28. The van der Waals surface area contributed by atoms with Gasteiger partial charge in [0.2, 0.25) is 5.91 Å². The number of imide groups is 1. The van der Waals surface area contributed by atoms with Crippen molar-refractivity contribution in [3.63, 3.8) is 0 Å². The van der Waals surface area contributed by atoms with Gasteiger partial charge < -0.3 is 10.1 Å². The van der Waals surface area contributed by atoms with Crippen LogP contribution in [0.1, 0.15) is 12.8 Å². The summed E-state index contributed by atoms with van der Waals surface area (Å²) in [6.45, 7) is -1.06. The van der Waals surface area contributed by atoms with Gasteiger partial charge in [0.25, 0.3) is 0 Å². The van der Waals surface area contributed by atoms with Gasteiger partial charge in [-0.25, -0.2) is 4.79 Å². The van der Waals surface area contributed by atoms with Gasteiger partial charge in [0.15, 0.2) is 6.61 Å². The molecule has 8 heteroatoms. The summed E-state index contributed by atoms with van der Waals surface area (Å²) in [5.74, 6) is -0.662. The first-order chi connectivity index (χ1) is 7.38. The zero-order valence-electron chi connectivity index (χ0n) is 8.26. The van der Waals surface area contributed by atoms with Crippen LogP contribution in [0, 0.1) is 0 Å². The minimum Gasteiger partial charge on any atom is -0.440 e. The molecule has 1 heterocycles. The molecule has 1 atom stereocenters. The second-order valence-electron chi connectivity index (χ2n) is 3.33. The Hall–Kier alpha value is -1.31. The molecule has 0 radical (unpaired) electrons. The van der Waals surface area contributed by atoms with Crippen LogP contribution in [0.25, 0.3) is 0 Å². The first-order valence-electron chi connectivity index (χ1n) is 4.66. The monoisotopic (exact) mass is 240 g/mol. The summed E-state index contributed by atoms with van der Waals surface area (Å²) in [6.07, 6.45) is -4.63. The highest BCUT2D eigenvalue weighted by Gasteiger charge is 2.30. The molecular formula is C8H11F3N2O3. The van der Waals surface area contributed by atoms with Gasteiger partial charge in [0.1, 0.15) is 0 Å². The molecule has 2 amide bonds. The van der Waals surface area contributed by atoms with E-state index in [0.717, 1.165) is 6.42 Å². The third-order valence-electron chi connectivity index (χ3n) is 1.97. The van der Waals surface area contributed by atoms with Crippen molar-refractivity contribution in [2.24, 2.45) is 0 Å². The largest absolute Gasteiger partial charge is 0.440 e. The van der Waals surface area contributed by atoms with Gasteiger partial charge in [-0.1, -0.05) is 0 Å². The lowest BCUT2D eigenvalue weighted by molar-refractivity contribution is -0.160. The average Bonchev–Trinajstić information content (AvgIpc) is 2.66. The predicted octanol–water partition coefficient (Wildman–Crippen LogP) is 0.554. The molecule has 0 spiro atoms. The van der Waals surface area contributed by atoms with E-state index in [1.54, 1.807) is 5.32 Å². The van der Waals surface area contributed by atoms with Crippen LogP contribution in [-0.4, -0.2) is 37.4 Å². The second kappa shape index (κ2) is 5.15. The van der Waals surface area contributed by atoms with Gasteiger partial charge in [0.05, 0.1) is 6.04 Å². The summed E-state index contributed by atoms with van der Waals surface area (Å²) in [7, 11) is 0. The predicted molar refractivity (Wildman–Crippen MR) is 46.6 cm³/mol. The summed E-state index contributed by atoms with van der Waals surface area (Å²) in [5, 5.41) is 4.52. The lowest BCUT2D eigenvalue weighted by Gasteiger charge is -2.11. The number of nitrogens with one attached hydrogen (secondary N) is 2. The van der Waals surface area contributed by atoms with Crippen LogP contribution in [0.3, 0.4) is 0 Å². The summed E-state index contributed by atoms with van der Waals surface area (Å²) < 4.78 is 38.8. The summed E-state index contributed by atoms with van der Waals surface area (Å²) in [6, 6.07) is -0.529. The lowest BCUT2D eigenvalue weighted by Crippen LogP contribution is -2.44. The number of carbonyl (C=O) groups excluding carboxylic acids is 2. The Kier molecular flexibility index (Phi) is 4.11. The molecule has 0 aromatic rings. The van der Waals surface area contributed by atoms with Crippen molar-refractivity contribution in [1.29, 1.82) is 0 Å².